The molecule has 66 valence electrons. The summed E-state index contributed by atoms with van der Waals surface area (Å²) in [6.45, 7) is 3.11. The molecule has 2 heteroatoms. The fraction of sp³-hybridized carbons (Fsp3) is 1.00. The lowest BCUT2D eigenvalue weighted by molar-refractivity contribution is 0.165. The molecule has 2 nitrogen and oxygen atoms in total. The van der Waals surface area contributed by atoms with Crippen molar-refractivity contribution in [1.82, 2.24) is 4.90 Å². The van der Waals surface area contributed by atoms with Crippen LogP contribution in [0.2, 0.25) is 0 Å². The molecule has 1 rings (SSSR count). The fourth-order valence-electron chi connectivity index (χ4n) is 1.78. The zero-order chi connectivity index (χ0) is 8.27. The number of hydrogen-bond donors (Lipinski definition) is 1. The van der Waals surface area contributed by atoms with Gasteiger partial charge in [-0.3, -0.25) is 0 Å². The van der Waals surface area contributed by atoms with Crippen LogP contribution in [0.3, 0.4) is 0 Å². The van der Waals surface area contributed by atoms with E-state index in [4.69, 9.17) is 5.11 Å². The lowest BCUT2D eigenvalue weighted by Gasteiger charge is -2.19. The van der Waals surface area contributed by atoms with Gasteiger partial charge in [-0.15, -0.1) is 0 Å². The Labute approximate surface area is 69.2 Å². The molecule has 0 radical (unpaired) electrons. The lowest BCUT2D eigenvalue weighted by atomic mass is 10.1. The highest BCUT2D eigenvalue weighted by Gasteiger charge is 2.20. The molecule has 1 unspecified atom stereocenters. The van der Waals surface area contributed by atoms with Crippen LogP contribution < -0.4 is 0 Å². The van der Waals surface area contributed by atoms with Crippen LogP contribution in [0.15, 0.2) is 0 Å². The van der Waals surface area contributed by atoms with Gasteiger partial charge in [0.05, 0.1) is 6.10 Å². The third kappa shape index (κ3) is 2.80. The van der Waals surface area contributed by atoms with Crippen LogP contribution in [0.5, 0.6) is 0 Å². The van der Waals surface area contributed by atoms with Gasteiger partial charge in [0.15, 0.2) is 0 Å². The van der Waals surface area contributed by atoms with Gasteiger partial charge in [-0.05, 0) is 46.2 Å². The van der Waals surface area contributed by atoms with Crippen LogP contribution in [-0.2, 0) is 0 Å². The number of aliphatic hydroxyl groups excluding tert-OH is 1. The van der Waals surface area contributed by atoms with Crippen molar-refractivity contribution in [2.45, 2.75) is 44.8 Å². The second-order valence-corrected chi connectivity index (χ2v) is 3.70. The van der Waals surface area contributed by atoms with Crippen LogP contribution in [0.4, 0.5) is 0 Å². The zero-order valence-electron chi connectivity index (χ0n) is 7.58. The molecule has 1 N–H and O–H groups in total. The summed E-state index contributed by atoms with van der Waals surface area (Å²) in [7, 11) is 2.18. The average Bonchev–Trinajstić information content (AvgIpc) is 2.31. The lowest BCUT2D eigenvalue weighted by Crippen LogP contribution is -2.25. The molecular weight excluding hydrogens is 138 g/mol. The second-order valence-electron chi connectivity index (χ2n) is 3.70. The third-order valence-corrected chi connectivity index (χ3v) is 2.59. The summed E-state index contributed by atoms with van der Waals surface area (Å²) in [5, 5.41) is 9.08. The normalized spacial score (nSPS) is 29.2. The van der Waals surface area contributed by atoms with Crippen molar-refractivity contribution in [1.29, 1.82) is 0 Å². The van der Waals surface area contributed by atoms with Crippen molar-refractivity contribution < 1.29 is 5.11 Å². The number of rotatable bonds is 3. The summed E-state index contributed by atoms with van der Waals surface area (Å²) in [6, 6.07) is 0.740. The zero-order valence-corrected chi connectivity index (χ0v) is 7.58. The number of likely N-dealkylation sites (tertiary alicyclic amines) is 1. The van der Waals surface area contributed by atoms with E-state index in [-0.39, 0.29) is 6.10 Å². The SMILES string of the molecule is C[C@H](O)CCC1CCCN1C. The van der Waals surface area contributed by atoms with Gasteiger partial charge in [0.25, 0.3) is 0 Å². The molecule has 1 aliphatic heterocycles. The van der Waals surface area contributed by atoms with E-state index >= 15 is 0 Å². The third-order valence-electron chi connectivity index (χ3n) is 2.59. The van der Waals surface area contributed by atoms with Gasteiger partial charge >= 0.3 is 0 Å². The van der Waals surface area contributed by atoms with Crippen molar-refractivity contribution in [2.75, 3.05) is 13.6 Å². The fourth-order valence-corrected chi connectivity index (χ4v) is 1.78. The van der Waals surface area contributed by atoms with Crippen molar-refractivity contribution in [3.8, 4) is 0 Å². The van der Waals surface area contributed by atoms with Gasteiger partial charge in [-0.1, -0.05) is 0 Å². The Balaban J connectivity index is 2.15. The first-order valence-electron chi connectivity index (χ1n) is 4.58. The van der Waals surface area contributed by atoms with Crippen molar-refractivity contribution >= 4 is 0 Å². The van der Waals surface area contributed by atoms with Crippen LogP contribution in [0.1, 0.15) is 32.6 Å². The monoisotopic (exact) mass is 157 g/mol. The molecule has 2 atom stereocenters. The molecule has 0 spiro atoms. The number of aliphatic hydroxyl groups is 1. The smallest absolute Gasteiger partial charge is 0.0512 e. The van der Waals surface area contributed by atoms with Gasteiger partial charge in [-0.25, -0.2) is 0 Å². The maximum atomic E-state index is 9.08. The largest absolute Gasteiger partial charge is 0.393 e. The Morgan fingerprint density at radius 1 is 1.64 bits per heavy atom. The summed E-state index contributed by atoms with van der Waals surface area (Å²) in [5.41, 5.74) is 0. The second kappa shape index (κ2) is 4.07. The van der Waals surface area contributed by atoms with E-state index in [9.17, 15) is 0 Å². The minimum Gasteiger partial charge on any atom is -0.393 e. The molecule has 0 amide bonds. The predicted octanol–water partition coefficient (Wildman–Crippen LogP) is 1.24. The van der Waals surface area contributed by atoms with E-state index in [1.54, 1.807) is 0 Å². The maximum absolute atomic E-state index is 9.08. The summed E-state index contributed by atoms with van der Waals surface area (Å²) in [5.74, 6) is 0. The summed E-state index contributed by atoms with van der Waals surface area (Å²) in [4.78, 5) is 2.41. The van der Waals surface area contributed by atoms with E-state index in [1.165, 1.54) is 19.4 Å². The Bertz CT molecular complexity index is 114. The van der Waals surface area contributed by atoms with E-state index < -0.39 is 0 Å². The van der Waals surface area contributed by atoms with E-state index in [1.807, 2.05) is 6.92 Å². The highest BCUT2D eigenvalue weighted by atomic mass is 16.3. The number of nitrogens with zero attached hydrogens (tertiary/aromatic N) is 1. The van der Waals surface area contributed by atoms with Gasteiger partial charge in [-0.2, -0.15) is 0 Å². The average molecular weight is 157 g/mol. The quantitative estimate of drug-likeness (QED) is 0.666. The topological polar surface area (TPSA) is 23.5 Å². The molecule has 0 bridgehead atoms. The molecule has 11 heavy (non-hydrogen) atoms. The van der Waals surface area contributed by atoms with Gasteiger partial charge in [0.2, 0.25) is 0 Å². The molecule has 1 aliphatic rings. The first kappa shape index (κ1) is 9.01. The molecule has 0 aromatic rings. The molecule has 0 aliphatic carbocycles. The predicted molar refractivity (Wildman–Crippen MR) is 46.6 cm³/mol. The van der Waals surface area contributed by atoms with Crippen LogP contribution in [0, 0.1) is 0 Å². The van der Waals surface area contributed by atoms with Gasteiger partial charge in [0.1, 0.15) is 0 Å². The Morgan fingerprint density at radius 2 is 2.36 bits per heavy atom. The van der Waals surface area contributed by atoms with Gasteiger partial charge < -0.3 is 10.0 Å². The van der Waals surface area contributed by atoms with E-state index in [0.29, 0.717) is 0 Å². The molecular formula is C9H19NO. The minimum absolute atomic E-state index is 0.121. The molecule has 0 saturated carbocycles. The van der Waals surface area contributed by atoms with Crippen molar-refractivity contribution in [2.24, 2.45) is 0 Å². The van der Waals surface area contributed by atoms with Crippen molar-refractivity contribution in [3.63, 3.8) is 0 Å². The van der Waals surface area contributed by atoms with E-state index in [0.717, 1.165) is 18.9 Å². The summed E-state index contributed by atoms with van der Waals surface area (Å²) >= 11 is 0. The highest BCUT2D eigenvalue weighted by molar-refractivity contribution is 4.76. The molecule has 1 saturated heterocycles. The molecule has 1 heterocycles. The van der Waals surface area contributed by atoms with Gasteiger partial charge in [0, 0.05) is 6.04 Å². The Kier molecular flexibility index (Phi) is 3.34. The van der Waals surface area contributed by atoms with Crippen LogP contribution in [0.25, 0.3) is 0 Å². The summed E-state index contributed by atoms with van der Waals surface area (Å²) in [6.07, 6.45) is 4.65. The van der Waals surface area contributed by atoms with E-state index in [2.05, 4.69) is 11.9 Å². The first-order valence-corrected chi connectivity index (χ1v) is 4.58. The Morgan fingerprint density at radius 3 is 2.82 bits per heavy atom. The first-order chi connectivity index (χ1) is 5.20. The maximum Gasteiger partial charge on any atom is 0.0512 e. The summed E-state index contributed by atoms with van der Waals surface area (Å²) < 4.78 is 0. The van der Waals surface area contributed by atoms with Crippen molar-refractivity contribution in [3.05, 3.63) is 0 Å². The number of hydrogen-bond acceptors (Lipinski definition) is 2. The Hall–Kier alpha value is -0.0800. The molecule has 1 fully saturated rings. The molecule has 0 aromatic heterocycles. The standard InChI is InChI=1S/C9H19NO/c1-8(11)5-6-9-4-3-7-10(9)2/h8-9,11H,3-7H2,1-2H3/t8-,9?/m0/s1. The molecule has 0 aromatic carbocycles. The van der Waals surface area contributed by atoms with Crippen LogP contribution >= 0.6 is 0 Å². The highest BCUT2D eigenvalue weighted by Crippen LogP contribution is 2.19. The minimum atomic E-state index is -0.121. The van der Waals surface area contributed by atoms with Crippen LogP contribution in [-0.4, -0.2) is 35.7 Å².